The fourth-order valence-electron chi connectivity index (χ4n) is 7.18. The SMILES string of the molecule is CCCCOc1ccc(C2CCC3CC(C4CCC(CCC)CC4)CCC3C2)cc1. The molecule has 0 aliphatic heterocycles. The number of benzene rings is 1. The molecule has 30 heavy (non-hydrogen) atoms. The van der Waals surface area contributed by atoms with Crippen molar-refractivity contribution >= 4 is 0 Å². The van der Waals surface area contributed by atoms with Crippen molar-refractivity contribution in [3.8, 4) is 5.75 Å². The molecule has 1 aromatic carbocycles. The quantitative estimate of drug-likeness (QED) is 0.389. The zero-order valence-corrected chi connectivity index (χ0v) is 19.8. The molecule has 0 aromatic heterocycles. The minimum atomic E-state index is 0.789. The molecular formula is C29H46O. The summed E-state index contributed by atoms with van der Waals surface area (Å²) >= 11 is 0. The van der Waals surface area contributed by atoms with Gasteiger partial charge in [-0.25, -0.2) is 0 Å². The van der Waals surface area contributed by atoms with Gasteiger partial charge in [-0.2, -0.15) is 0 Å². The molecule has 3 aliphatic carbocycles. The Balaban J connectivity index is 1.24. The number of rotatable bonds is 8. The Hall–Kier alpha value is -0.980. The largest absolute Gasteiger partial charge is 0.494 e. The second-order valence-electron chi connectivity index (χ2n) is 10.9. The van der Waals surface area contributed by atoms with E-state index in [0.717, 1.165) is 54.3 Å². The molecule has 0 spiro atoms. The number of unbranched alkanes of at least 4 members (excludes halogenated alkanes) is 1. The highest BCUT2D eigenvalue weighted by Crippen LogP contribution is 2.51. The molecular weight excluding hydrogens is 364 g/mol. The van der Waals surface area contributed by atoms with Crippen LogP contribution < -0.4 is 4.74 Å². The fraction of sp³-hybridized carbons (Fsp3) is 0.793. The van der Waals surface area contributed by atoms with E-state index in [9.17, 15) is 0 Å². The van der Waals surface area contributed by atoms with Crippen LogP contribution in [0.1, 0.15) is 115 Å². The zero-order chi connectivity index (χ0) is 20.8. The van der Waals surface area contributed by atoms with Crippen LogP contribution in [-0.2, 0) is 0 Å². The van der Waals surface area contributed by atoms with Crippen LogP contribution in [0.2, 0.25) is 0 Å². The van der Waals surface area contributed by atoms with Crippen LogP contribution in [0, 0.1) is 29.6 Å². The Labute approximate surface area is 186 Å². The Morgan fingerprint density at radius 3 is 2.03 bits per heavy atom. The van der Waals surface area contributed by atoms with E-state index in [2.05, 4.69) is 38.1 Å². The standard InChI is InChI=1S/C29H46O/c1-3-5-19-30-29-17-15-24(16-18-29)26-12-14-27-20-25(11-13-28(27)21-26)23-9-7-22(6-4-2)8-10-23/h15-18,22-23,25-28H,3-14,19-21H2,1-2H3. The summed E-state index contributed by atoms with van der Waals surface area (Å²) in [4.78, 5) is 0. The summed E-state index contributed by atoms with van der Waals surface area (Å²) in [6, 6.07) is 9.13. The van der Waals surface area contributed by atoms with Gasteiger partial charge in [0, 0.05) is 0 Å². The predicted octanol–water partition coefficient (Wildman–Crippen LogP) is 8.77. The van der Waals surface area contributed by atoms with E-state index in [0.29, 0.717) is 0 Å². The Bertz CT molecular complexity index is 612. The van der Waals surface area contributed by atoms with Gasteiger partial charge in [-0.05, 0) is 111 Å². The molecule has 4 unspecified atom stereocenters. The number of fused-ring (bicyclic) bond motifs is 1. The van der Waals surface area contributed by atoms with Crippen LogP contribution in [0.15, 0.2) is 24.3 Å². The maximum absolute atomic E-state index is 5.86. The molecule has 0 heterocycles. The molecule has 1 heteroatoms. The summed E-state index contributed by atoms with van der Waals surface area (Å²) in [6.45, 7) is 5.43. The summed E-state index contributed by atoms with van der Waals surface area (Å²) in [7, 11) is 0. The average Bonchev–Trinajstić information content (AvgIpc) is 2.80. The predicted molar refractivity (Wildman–Crippen MR) is 128 cm³/mol. The van der Waals surface area contributed by atoms with Gasteiger partial charge in [0.05, 0.1) is 6.61 Å². The van der Waals surface area contributed by atoms with Gasteiger partial charge in [-0.1, -0.05) is 58.1 Å². The van der Waals surface area contributed by atoms with Crippen LogP contribution in [0.4, 0.5) is 0 Å². The van der Waals surface area contributed by atoms with Gasteiger partial charge in [0.1, 0.15) is 5.75 Å². The van der Waals surface area contributed by atoms with E-state index in [1.54, 1.807) is 24.8 Å². The van der Waals surface area contributed by atoms with Gasteiger partial charge in [0.2, 0.25) is 0 Å². The van der Waals surface area contributed by atoms with Gasteiger partial charge in [0.15, 0.2) is 0 Å². The van der Waals surface area contributed by atoms with Crippen molar-refractivity contribution in [3.05, 3.63) is 29.8 Å². The lowest BCUT2D eigenvalue weighted by molar-refractivity contribution is 0.0712. The maximum Gasteiger partial charge on any atom is 0.119 e. The lowest BCUT2D eigenvalue weighted by Gasteiger charge is -2.45. The van der Waals surface area contributed by atoms with Crippen molar-refractivity contribution in [1.82, 2.24) is 0 Å². The molecule has 0 bridgehead atoms. The second kappa shape index (κ2) is 11.1. The first-order valence-electron chi connectivity index (χ1n) is 13.5. The zero-order valence-electron chi connectivity index (χ0n) is 19.8. The van der Waals surface area contributed by atoms with Crippen LogP contribution >= 0.6 is 0 Å². The number of ether oxygens (including phenoxy) is 1. The molecule has 0 saturated heterocycles. The maximum atomic E-state index is 5.86. The van der Waals surface area contributed by atoms with Crippen molar-refractivity contribution < 1.29 is 4.74 Å². The molecule has 0 radical (unpaired) electrons. The van der Waals surface area contributed by atoms with Crippen molar-refractivity contribution in [3.63, 3.8) is 0 Å². The minimum absolute atomic E-state index is 0.789. The Morgan fingerprint density at radius 2 is 1.33 bits per heavy atom. The number of hydrogen-bond acceptors (Lipinski definition) is 1. The van der Waals surface area contributed by atoms with E-state index >= 15 is 0 Å². The van der Waals surface area contributed by atoms with Crippen molar-refractivity contribution in [1.29, 1.82) is 0 Å². The van der Waals surface area contributed by atoms with Crippen molar-refractivity contribution in [2.24, 2.45) is 29.6 Å². The monoisotopic (exact) mass is 410 g/mol. The molecule has 1 nitrogen and oxygen atoms in total. The van der Waals surface area contributed by atoms with Gasteiger partial charge in [-0.3, -0.25) is 0 Å². The van der Waals surface area contributed by atoms with Crippen molar-refractivity contribution in [2.45, 2.75) is 110 Å². The lowest BCUT2D eigenvalue weighted by atomic mass is 9.60. The molecule has 4 rings (SSSR count). The molecule has 0 N–H and O–H groups in total. The van der Waals surface area contributed by atoms with E-state index in [4.69, 9.17) is 4.74 Å². The summed E-state index contributed by atoms with van der Waals surface area (Å²) in [5.41, 5.74) is 1.56. The third-order valence-electron chi connectivity index (χ3n) is 9.03. The molecule has 3 fully saturated rings. The minimum Gasteiger partial charge on any atom is -0.494 e. The van der Waals surface area contributed by atoms with E-state index in [1.165, 1.54) is 64.2 Å². The molecule has 3 saturated carbocycles. The van der Waals surface area contributed by atoms with Crippen LogP contribution in [-0.4, -0.2) is 6.61 Å². The van der Waals surface area contributed by atoms with Gasteiger partial charge < -0.3 is 4.74 Å². The lowest BCUT2D eigenvalue weighted by Crippen LogP contribution is -2.34. The highest BCUT2D eigenvalue weighted by Gasteiger charge is 2.38. The van der Waals surface area contributed by atoms with Crippen molar-refractivity contribution in [2.75, 3.05) is 6.61 Å². The number of hydrogen-bond donors (Lipinski definition) is 0. The molecule has 0 amide bonds. The van der Waals surface area contributed by atoms with Gasteiger partial charge >= 0.3 is 0 Å². The molecule has 168 valence electrons. The van der Waals surface area contributed by atoms with Crippen LogP contribution in [0.3, 0.4) is 0 Å². The highest BCUT2D eigenvalue weighted by molar-refractivity contribution is 5.30. The summed E-state index contributed by atoms with van der Waals surface area (Å²) in [6.07, 6.45) is 20.3. The first kappa shape index (κ1) is 22.2. The molecule has 1 aromatic rings. The van der Waals surface area contributed by atoms with E-state index < -0.39 is 0 Å². The third-order valence-corrected chi connectivity index (χ3v) is 9.03. The van der Waals surface area contributed by atoms with Crippen LogP contribution in [0.25, 0.3) is 0 Å². The first-order valence-corrected chi connectivity index (χ1v) is 13.5. The van der Waals surface area contributed by atoms with E-state index in [1.807, 2.05) is 0 Å². The Kier molecular flexibility index (Phi) is 8.19. The molecule has 3 aliphatic rings. The summed E-state index contributed by atoms with van der Waals surface area (Å²) in [5, 5.41) is 0. The van der Waals surface area contributed by atoms with E-state index in [-0.39, 0.29) is 0 Å². The fourth-order valence-corrected chi connectivity index (χ4v) is 7.18. The third kappa shape index (κ3) is 5.63. The molecule has 4 atom stereocenters. The second-order valence-corrected chi connectivity index (χ2v) is 10.9. The summed E-state index contributed by atoms with van der Waals surface area (Å²) < 4.78 is 5.86. The highest BCUT2D eigenvalue weighted by atomic mass is 16.5. The first-order chi connectivity index (χ1) is 14.8. The van der Waals surface area contributed by atoms with Gasteiger partial charge in [0.25, 0.3) is 0 Å². The summed E-state index contributed by atoms with van der Waals surface area (Å²) in [5.74, 6) is 7.05. The average molecular weight is 411 g/mol. The smallest absolute Gasteiger partial charge is 0.119 e. The normalized spacial score (nSPS) is 34.3. The van der Waals surface area contributed by atoms with Crippen LogP contribution in [0.5, 0.6) is 5.75 Å². The van der Waals surface area contributed by atoms with Gasteiger partial charge in [-0.15, -0.1) is 0 Å². The Morgan fingerprint density at radius 1 is 0.700 bits per heavy atom. The topological polar surface area (TPSA) is 9.23 Å².